The van der Waals surface area contributed by atoms with Gasteiger partial charge >= 0.3 is 0 Å². The molecule has 0 amide bonds. The lowest BCUT2D eigenvalue weighted by Crippen LogP contribution is -2.23. The Bertz CT molecular complexity index is 399. The van der Waals surface area contributed by atoms with E-state index in [-0.39, 0.29) is 6.29 Å². The van der Waals surface area contributed by atoms with Gasteiger partial charge in [0.15, 0.2) is 6.29 Å². The third-order valence-corrected chi connectivity index (χ3v) is 7.66. The molecule has 0 radical (unpaired) electrons. The zero-order valence-corrected chi connectivity index (χ0v) is 26.9. The molecule has 0 aliphatic rings. The fraction of sp³-hybridized carbons (Fsp3) is 1.00. The molecule has 0 fully saturated rings. The van der Waals surface area contributed by atoms with Crippen LogP contribution in [0, 0.1) is 11.3 Å². The summed E-state index contributed by atoms with van der Waals surface area (Å²) < 4.78 is 12.6. The van der Waals surface area contributed by atoms with Crippen molar-refractivity contribution in [3.8, 4) is 0 Å². The molecule has 0 spiro atoms. The highest BCUT2D eigenvalue weighted by atomic mass is 16.7. The minimum atomic E-state index is -0.0106. The molecular formula is C35H72O2. The van der Waals surface area contributed by atoms with Crippen LogP contribution < -0.4 is 0 Å². The van der Waals surface area contributed by atoms with Crippen LogP contribution >= 0.6 is 0 Å². The van der Waals surface area contributed by atoms with Gasteiger partial charge < -0.3 is 9.47 Å². The molecule has 0 aromatic rings. The van der Waals surface area contributed by atoms with Crippen LogP contribution in [0.2, 0.25) is 0 Å². The second-order valence-corrected chi connectivity index (χ2v) is 13.3. The lowest BCUT2D eigenvalue weighted by molar-refractivity contribution is -0.154. The molecule has 0 saturated carbocycles. The maximum atomic E-state index is 6.29. The normalized spacial score (nSPS) is 13.1. The summed E-state index contributed by atoms with van der Waals surface area (Å²) in [7, 11) is 0. The minimum absolute atomic E-state index is 0.0106. The van der Waals surface area contributed by atoms with Gasteiger partial charge in [-0.15, -0.1) is 0 Å². The van der Waals surface area contributed by atoms with Crippen molar-refractivity contribution in [3.05, 3.63) is 0 Å². The number of rotatable bonds is 29. The van der Waals surface area contributed by atoms with Crippen molar-refractivity contribution < 1.29 is 9.47 Å². The topological polar surface area (TPSA) is 18.5 Å². The standard InChI is InChI=1S/C35H72O2/c1-7-9-11-13-15-17-19-21-23-25-27-29-36-34(31-33(3)32-35(4,5)6)37-30-28-26-24-22-20-18-16-14-12-10-8-2/h33-34H,7-32H2,1-6H3. The van der Waals surface area contributed by atoms with Crippen LogP contribution in [0.1, 0.15) is 196 Å². The predicted octanol–water partition coefficient (Wildman–Crippen LogP) is 12.4. The molecule has 0 aliphatic carbocycles. The fourth-order valence-electron chi connectivity index (χ4n) is 5.60. The smallest absolute Gasteiger partial charge is 0.157 e. The number of ether oxygens (including phenoxy) is 2. The fourth-order valence-corrected chi connectivity index (χ4v) is 5.60. The molecule has 1 unspecified atom stereocenters. The molecule has 2 nitrogen and oxygen atoms in total. The Labute approximate surface area is 235 Å². The second kappa shape index (κ2) is 27.5. The van der Waals surface area contributed by atoms with E-state index < -0.39 is 0 Å². The first-order valence-electron chi connectivity index (χ1n) is 17.1. The quantitative estimate of drug-likeness (QED) is 0.0715. The molecular weight excluding hydrogens is 452 g/mol. The van der Waals surface area contributed by atoms with Gasteiger partial charge in [-0.1, -0.05) is 170 Å². The van der Waals surface area contributed by atoms with Crippen molar-refractivity contribution in [1.82, 2.24) is 0 Å². The second-order valence-electron chi connectivity index (χ2n) is 13.3. The van der Waals surface area contributed by atoms with E-state index in [0.29, 0.717) is 11.3 Å². The van der Waals surface area contributed by atoms with Crippen LogP contribution in [0.15, 0.2) is 0 Å². The molecule has 1 atom stereocenters. The van der Waals surface area contributed by atoms with Gasteiger partial charge in [-0.3, -0.25) is 0 Å². The molecule has 37 heavy (non-hydrogen) atoms. The van der Waals surface area contributed by atoms with Crippen LogP contribution in [0.5, 0.6) is 0 Å². The van der Waals surface area contributed by atoms with Gasteiger partial charge in [0.25, 0.3) is 0 Å². The van der Waals surface area contributed by atoms with Crippen molar-refractivity contribution in [1.29, 1.82) is 0 Å². The van der Waals surface area contributed by atoms with E-state index in [1.807, 2.05) is 0 Å². The summed E-state index contributed by atoms with van der Waals surface area (Å²) in [6, 6.07) is 0. The van der Waals surface area contributed by atoms with E-state index in [1.54, 1.807) is 0 Å². The molecule has 0 aromatic heterocycles. The van der Waals surface area contributed by atoms with Crippen LogP contribution in [0.4, 0.5) is 0 Å². The maximum absolute atomic E-state index is 6.29. The Morgan fingerprint density at radius 3 is 1.05 bits per heavy atom. The number of hydrogen-bond donors (Lipinski definition) is 0. The van der Waals surface area contributed by atoms with Crippen molar-refractivity contribution in [3.63, 3.8) is 0 Å². The average Bonchev–Trinajstić information content (AvgIpc) is 2.84. The SMILES string of the molecule is CCCCCCCCCCCCCOC(CC(C)CC(C)(C)C)OCCCCCCCCCCCCC. The van der Waals surface area contributed by atoms with Gasteiger partial charge in [0, 0.05) is 19.6 Å². The molecule has 0 rings (SSSR count). The Morgan fingerprint density at radius 2 is 0.757 bits per heavy atom. The Morgan fingerprint density at radius 1 is 0.459 bits per heavy atom. The zero-order chi connectivity index (χ0) is 27.5. The lowest BCUT2D eigenvalue weighted by atomic mass is 9.84. The molecule has 0 bridgehead atoms. The van der Waals surface area contributed by atoms with Gasteiger partial charge in [0.05, 0.1) is 0 Å². The number of unbranched alkanes of at least 4 members (excludes halogenated alkanes) is 20. The van der Waals surface area contributed by atoms with Crippen molar-refractivity contribution in [2.75, 3.05) is 13.2 Å². The predicted molar refractivity (Wildman–Crippen MR) is 166 cm³/mol. The van der Waals surface area contributed by atoms with Crippen LogP contribution in [0.25, 0.3) is 0 Å². The van der Waals surface area contributed by atoms with Crippen molar-refractivity contribution in [2.24, 2.45) is 11.3 Å². The molecule has 0 aromatic carbocycles. The van der Waals surface area contributed by atoms with Crippen LogP contribution in [0.3, 0.4) is 0 Å². The monoisotopic (exact) mass is 525 g/mol. The Hall–Kier alpha value is -0.0800. The van der Waals surface area contributed by atoms with Gasteiger partial charge in [0.2, 0.25) is 0 Å². The molecule has 0 aliphatic heterocycles. The maximum Gasteiger partial charge on any atom is 0.157 e. The highest BCUT2D eigenvalue weighted by Gasteiger charge is 2.20. The molecule has 0 N–H and O–H groups in total. The molecule has 2 heteroatoms. The summed E-state index contributed by atoms with van der Waals surface area (Å²) in [6.45, 7) is 15.7. The third-order valence-electron chi connectivity index (χ3n) is 7.66. The van der Waals surface area contributed by atoms with Gasteiger partial charge in [0.1, 0.15) is 0 Å². The van der Waals surface area contributed by atoms with Gasteiger partial charge in [-0.05, 0) is 30.6 Å². The number of hydrogen-bond acceptors (Lipinski definition) is 2. The summed E-state index contributed by atoms with van der Waals surface area (Å²) >= 11 is 0. The largest absolute Gasteiger partial charge is 0.353 e. The first-order valence-corrected chi connectivity index (χ1v) is 17.1. The zero-order valence-electron chi connectivity index (χ0n) is 26.9. The molecule has 0 heterocycles. The molecule has 224 valence electrons. The van der Waals surface area contributed by atoms with E-state index >= 15 is 0 Å². The minimum Gasteiger partial charge on any atom is -0.353 e. The van der Waals surface area contributed by atoms with Crippen molar-refractivity contribution >= 4 is 0 Å². The summed E-state index contributed by atoms with van der Waals surface area (Å²) in [5.41, 5.74) is 0.371. The van der Waals surface area contributed by atoms with Crippen LogP contribution in [-0.2, 0) is 9.47 Å². The highest BCUT2D eigenvalue weighted by Crippen LogP contribution is 2.27. The van der Waals surface area contributed by atoms with Crippen molar-refractivity contribution in [2.45, 2.75) is 202 Å². The van der Waals surface area contributed by atoms with Crippen LogP contribution in [-0.4, -0.2) is 19.5 Å². The Balaban J connectivity index is 3.92. The summed E-state index contributed by atoms with van der Waals surface area (Å²) in [6.07, 6.45) is 32.6. The van der Waals surface area contributed by atoms with E-state index in [2.05, 4.69) is 41.5 Å². The average molecular weight is 525 g/mol. The summed E-state index contributed by atoms with van der Waals surface area (Å²) in [5.74, 6) is 0.639. The first kappa shape index (κ1) is 36.9. The summed E-state index contributed by atoms with van der Waals surface area (Å²) in [5, 5.41) is 0. The van der Waals surface area contributed by atoms with E-state index in [0.717, 1.165) is 19.6 Å². The van der Waals surface area contributed by atoms with E-state index in [4.69, 9.17) is 9.47 Å². The van der Waals surface area contributed by atoms with E-state index in [9.17, 15) is 0 Å². The Kier molecular flexibility index (Phi) is 27.4. The van der Waals surface area contributed by atoms with Gasteiger partial charge in [-0.2, -0.15) is 0 Å². The molecule has 0 saturated heterocycles. The lowest BCUT2D eigenvalue weighted by Gasteiger charge is -2.27. The highest BCUT2D eigenvalue weighted by molar-refractivity contribution is 4.68. The van der Waals surface area contributed by atoms with E-state index in [1.165, 1.54) is 148 Å². The summed E-state index contributed by atoms with van der Waals surface area (Å²) in [4.78, 5) is 0. The third kappa shape index (κ3) is 30.3. The van der Waals surface area contributed by atoms with Gasteiger partial charge in [-0.25, -0.2) is 0 Å². The first-order chi connectivity index (χ1) is 17.9.